The molecule has 0 radical (unpaired) electrons. The summed E-state index contributed by atoms with van der Waals surface area (Å²) >= 11 is 0. The smallest absolute Gasteiger partial charge is 0.220 e. The number of unbranched alkanes of at least 4 members (excludes halogenated alkanes) is 16. The number of aliphatic hydroxyl groups excluding tert-OH is 8. The Morgan fingerprint density at radius 2 is 0.986 bits per heavy atom. The molecule has 12 unspecified atom stereocenters. The van der Waals surface area contributed by atoms with Crippen LogP contribution in [0.2, 0.25) is 0 Å². The first-order valence-electron chi connectivity index (χ1n) is 27.3. The van der Waals surface area contributed by atoms with E-state index in [1.54, 1.807) is 6.08 Å². The lowest BCUT2D eigenvalue weighted by Crippen LogP contribution is -2.65. The van der Waals surface area contributed by atoms with Crippen LogP contribution in [0.1, 0.15) is 174 Å². The maximum atomic E-state index is 13.2. The minimum atomic E-state index is -1.79. The molecule has 14 nitrogen and oxygen atoms in total. The van der Waals surface area contributed by atoms with Crippen LogP contribution in [0.4, 0.5) is 0 Å². The molecule has 14 heteroatoms. The quantitative estimate of drug-likeness (QED) is 0.0208. The van der Waals surface area contributed by atoms with Crippen molar-refractivity contribution in [2.24, 2.45) is 0 Å². The number of hydrogen-bond acceptors (Lipinski definition) is 13. The van der Waals surface area contributed by atoms with Crippen LogP contribution in [0.15, 0.2) is 85.1 Å². The predicted molar refractivity (Wildman–Crippen MR) is 281 cm³/mol. The Bertz CT molecular complexity index is 1510. The van der Waals surface area contributed by atoms with Crippen LogP contribution in [0.5, 0.6) is 0 Å². The van der Waals surface area contributed by atoms with Gasteiger partial charge in [-0.15, -0.1) is 0 Å². The van der Waals surface area contributed by atoms with Gasteiger partial charge in [0, 0.05) is 6.42 Å². The second-order valence-corrected chi connectivity index (χ2v) is 19.0. The molecule has 0 bridgehead atoms. The van der Waals surface area contributed by atoms with Crippen molar-refractivity contribution in [3.05, 3.63) is 85.1 Å². The third-order valence-corrected chi connectivity index (χ3v) is 12.8. The van der Waals surface area contributed by atoms with E-state index in [0.29, 0.717) is 12.8 Å². The van der Waals surface area contributed by atoms with Gasteiger partial charge >= 0.3 is 0 Å². The van der Waals surface area contributed by atoms with Gasteiger partial charge in [0.05, 0.1) is 32.0 Å². The minimum absolute atomic E-state index is 0.261. The zero-order valence-electron chi connectivity index (χ0n) is 43.4. The summed E-state index contributed by atoms with van der Waals surface area (Å²) in [6.07, 6.45) is 39.1. The summed E-state index contributed by atoms with van der Waals surface area (Å²) in [6.45, 7) is 2.61. The topological polar surface area (TPSA) is 228 Å². The molecule has 0 aromatic carbocycles. The highest BCUT2D eigenvalue weighted by Crippen LogP contribution is 2.30. The summed E-state index contributed by atoms with van der Waals surface area (Å²) in [5.41, 5.74) is 0. The number of carbonyl (C=O) groups is 1. The molecule has 0 spiro atoms. The van der Waals surface area contributed by atoms with E-state index in [1.807, 2.05) is 6.08 Å². The van der Waals surface area contributed by atoms with Gasteiger partial charge in [0.1, 0.15) is 48.8 Å². The SMILES string of the molecule is CC/C=C\C/C=C\C/C=C\C/C=C\C/C=C\CCCCCCCCCCCC(=O)NC(COC1OC(CO)C(OC2OC(CO)C(O)C(O)C2O)C(O)C1O)C(O)/C=C/CC/C=C/CCCCCCCC. The van der Waals surface area contributed by atoms with Crippen molar-refractivity contribution in [2.45, 2.75) is 248 Å². The number of nitrogens with one attached hydrogen (secondary N) is 1. The van der Waals surface area contributed by atoms with Gasteiger partial charge in [-0.2, -0.15) is 0 Å². The van der Waals surface area contributed by atoms with E-state index in [1.165, 1.54) is 70.6 Å². The van der Waals surface area contributed by atoms with E-state index in [9.17, 15) is 45.6 Å². The Hall–Kier alpha value is -2.83. The number of allylic oxidation sites excluding steroid dienone is 13. The fourth-order valence-corrected chi connectivity index (χ4v) is 8.39. The van der Waals surface area contributed by atoms with Crippen molar-refractivity contribution in [1.29, 1.82) is 0 Å². The third-order valence-electron chi connectivity index (χ3n) is 12.8. The van der Waals surface area contributed by atoms with Gasteiger partial charge in [-0.05, 0) is 77.0 Å². The molecule has 0 aromatic rings. The number of amides is 1. The summed E-state index contributed by atoms with van der Waals surface area (Å²) < 4.78 is 22.7. The zero-order valence-corrected chi connectivity index (χ0v) is 43.4. The molecule has 9 N–H and O–H groups in total. The lowest BCUT2D eigenvalue weighted by atomic mass is 9.97. The molecule has 0 aliphatic carbocycles. The van der Waals surface area contributed by atoms with Crippen molar-refractivity contribution >= 4 is 5.91 Å². The molecule has 71 heavy (non-hydrogen) atoms. The van der Waals surface area contributed by atoms with Crippen molar-refractivity contribution in [3.8, 4) is 0 Å². The summed E-state index contributed by atoms with van der Waals surface area (Å²) in [7, 11) is 0. The Kier molecular flexibility index (Phi) is 38.5. The van der Waals surface area contributed by atoms with E-state index in [2.05, 4.69) is 92.1 Å². The molecule has 12 atom stereocenters. The van der Waals surface area contributed by atoms with Gasteiger partial charge in [-0.3, -0.25) is 4.79 Å². The van der Waals surface area contributed by atoms with Crippen LogP contribution < -0.4 is 5.32 Å². The first-order valence-corrected chi connectivity index (χ1v) is 27.3. The monoisotopic (exact) mass is 1000 g/mol. The molecular weight excluding hydrogens is 907 g/mol. The van der Waals surface area contributed by atoms with E-state index in [0.717, 1.165) is 70.6 Å². The third kappa shape index (κ3) is 29.0. The van der Waals surface area contributed by atoms with Crippen LogP contribution in [0, 0.1) is 0 Å². The average Bonchev–Trinajstić information content (AvgIpc) is 3.37. The van der Waals surface area contributed by atoms with Crippen molar-refractivity contribution in [1.82, 2.24) is 5.32 Å². The number of ether oxygens (including phenoxy) is 4. The second kappa shape index (κ2) is 42.5. The molecule has 2 rings (SSSR count). The summed E-state index contributed by atoms with van der Waals surface area (Å²) in [5.74, 6) is -0.262. The highest BCUT2D eigenvalue weighted by Gasteiger charge is 2.51. The molecule has 408 valence electrons. The highest BCUT2D eigenvalue weighted by molar-refractivity contribution is 5.76. The molecule has 2 aliphatic heterocycles. The Morgan fingerprint density at radius 1 is 0.521 bits per heavy atom. The maximum Gasteiger partial charge on any atom is 0.220 e. The predicted octanol–water partition coefficient (Wildman–Crippen LogP) is 8.16. The molecule has 0 saturated carbocycles. The first-order chi connectivity index (χ1) is 34.6. The molecule has 1 amide bonds. The molecule has 0 aromatic heterocycles. The first kappa shape index (κ1) is 64.3. The van der Waals surface area contributed by atoms with Crippen LogP contribution in [-0.4, -0.2) is 140 Å². The average molecular weight is 1000 g/mol. The Balaban J connectivity index is 1.77. The Morgan fingerprint density at radius 3 is 1.55 bits per heavy atom. The molecule has 2 fully saturated rings. The molecule has 2 saturated heterocycles. The van der Waals surface area contributed by atoms with E-state index >= 15 is 0 Å². The fraction of sp³-hybridized carbons (Fsp3) is 0.737. The summed E-state index contributed by atoms with van der Waals surface area (Å²) in [4.78, 5) is 13.2. The lowest BCUT2D eigenvalue weighted by Gasteiger charge is -2.46. The van der Waals surface area contributed by atoms with E-state index < -0.39 is 86.8 Å². The second-order valence-electron chi connectivity index (χ2n) is 19.0. The number of hydrogen-bond donors (Lipinski definition) is 9. The van der Waals surface area contributed by atoms with Crippen LogP contribution in [0.3, 0.4) is 0 Å². The fourth-order valence-electron chi connectivity index (χ4n) is 8.39. The highest BCUT2D eigenvalue weighted by atomic mass is 16.7. The number of aliphatic hydroxyl groups is 8. The maximum absolute atomic E-state index is 13.2. The van der Waals surface area contributed by atoms with Gasteiger partial charge in [-0.1, -0.05) is 176 Å². The van der Waals surface area contributed by atoms with Gasteiger partial charge in [-0.25, -0.2) is 0 Å². The van der Waals surface area contributed by atoms with Crippen molar-refractivity contribution in [2.75, 3.05) is 19.8 Å². The lowest BCUT2D eigenvalue weighted by molar-refractivity contribution is -0.359. The largest absolute Gasteiger partial charge is 0.394 e. The molecule has 2 heterocycles. The van der Waals surface area contributed by atoms with Crippen LogP contribution >= 0.6 is 0 Å². The molecular formula is C57H97NO13. The van der Waals surface area contributed by atoms with Gasteiger partial charge < -0.3 is 65.1 Å². The van der Waals surface area contributed by atoms with Crippen LogP contribution in [-0.2, 0) is 23.7 Å². The number of rotatable bonds is 41. The molecule has 2 aliphatic rings. The summed E-state index contributed by atoms with van der Waals surface area (Å²) in [6, 6.07) is -0.938. The van der Waals surface area contributed by atoms with Crippen molar-refractivity contribution in [3.63, 3.8) is 0 Å². The van der Waals surface area contributed by atoms with Gasteiger partial charge in [0.2, 0.25) is 5.91 Å². The standard InChI is InChI=1S/C57H97NO13/c1-3-5-7-9-11-13-15-17-18-19-20-21-22-23-24-25-26-27-28-29-31-33-35-37-39-41-49(62)58-45(46(61)40-38-36-34-32-30-16-14-12-10-8-6-4-2)44-68-56-54(67)52(65)55(48(43-60)70-56)71-57-53(66)51(64)50(63)47(42-59)69-57/h5,7,11,13,17-18,20-21,23-24,30,32,38,40,45-48,50-57,59-61,63-67H,3-4,6,8-10,12,14-16,19,22,25-29,31,33-37,39,41-44H2,1-2H3,(H,58,62)/b7-5-,13-11-,18-17-,21-20-,24-23-,32-30+,40-38+. The number of carbonyl (C=O) groups excluding carboxylic acids is 1. The van der Waals surface area contributed by atoms with E-state index in [-0.39, 0.29) is 18.9 Å². The van der Waals surface area contributed by atoms with Gasteiger partial charge in [0.25, 0.3) is 0 Å². The minimum Gasteiger partial charge on any atom is -0.394 e. The Labute approximate surface area is 427 Å². The zero-order chi connectivity index (χ0) is 51.7. The van der Waals surface area contributed by atoms with Gasteiger partial charge in [0.15, 0.2) is 12.6 Å². The van der Waals surface area contributed by atoms with Crippen molar-refractivity contribution < 1.29 is 64.6 Å². The summed E-state index contributed by atoms with van der Waals surface area (Å²) in [5, 5.41) is 86.8. The van der Waals surface area contributed by atoms with Crippen LogP contribution in [0.25, 0.3) is 0 Å². The normalized spacial score (nSPS) is 26.5. The van der Waals surface area contributed by atoms with E-state index in [4.69, 9.17) is 18.9 Å².